The summed E-state index contributed by atoms with van der Waals surface area (Å²) in [7, 11) is 0. The van der Waals surface area contributed by atoms with Gasteiger partial charge in [-0.1, -0.05) is 13.8 Å². The molecule has 1 aromatic rings. The van der Waals surface area contributed by atoms with E-state index in [9.17, 15) is 9.90 Å². The summed E-state index contributed by atoms with van der Waals surface area (Å²) >= 11 is 0. The maximum Gasteiger partial charge on any atom is 0.221 e. The van der Waals surface area contributed by atoms with Gasteiger partial charge < -0.3 is 20.1 Å². The van der Waals surface area contributed by atoms with Crippen molar-refractivity contribution in [2.45, 2.75) is 33.3 Å². The largest absolute Gasteiger partial charge is 0.491 e. The van der Waals surface area contributed by atoms with Gasteiger partial charge in [0.25, 0.3) is 0 Å². The van der Waals surface area contributed by atoms with Crippen molar-refractivity contribution < 1.29 is 14.6 Å². The van der Waals surface area contributed by atoms with E-state index >= 15 is 0 Å². The first kappa shape index (κ1) is 17.8. The fourth-order valence-corrected chi connectivity index (χ4v) is 3.32. The van der Waals surface area contributed by atoms with Gasteiger partial charge in [-0.15, -0.1) is 0 Å². The number of amides is 1. The number of hydrogen-bond acceptors (Lipinski definition) is 4. The highest BCUT2D eigenvalue weighted by Gasteiger charge is 2.23. The zero-order valence-corrected chi connectivity index (χ0v) is 14.3. The SMILES string of the molecule is CC(=O)Nc1ccc(OC[C@H](O)CN2C[C@H](C)C[C@H](C)C2)cc1. The van der Waals surface area contributed by atoms with Crippen LogP contribution in [-0.2, 0) is 4.79 Å². The first-order valence-corrected chi connectivity index (χ1v) is 8.33. The molecule has 3 atom stereocenters. The van der Waals surface area contributed by atoms with E-state index in [1.54, 1.807) is 24.3 Å². The van der Waals surface area contributed by atoms with Crippen molar-refractivity contribution in [3.05, 3.63) is 24.3 Å². The molecule has 5 heteroatoms. The van der Waals surface area contributed by atoms with Crippen LogP contribution in [0.2, 0.25) is 0 Å². The molecule has 1 aromatic carbocycles. The van der Waals surface area contributed by atoms with Crippen LogP contribution in [0.4, 0.5) is 5.69 Å². The third-order valence-electron chi connectivity index (χ3n) is 4.03. The molecule has 1 fully saturated rings. The van der Waals surface area contributed by atoms with Gasteiger partial charge in [0.2, 0.25) is 5.91 Å². The van der Waals surface area contributed by atoms with Gasteiger partial charge in [0, 0.05) is 32.2 Å². The number of anilines is 1. The minimum atomic E-state index is -0.498. The van der Waals surface area contributed by atoms with E-state index in [4.69, 9.17) is 4.74 Å². The number of aliphatic hydroxyl groups excluding tert-OH is 1. The van der Waals surface area contributed by atoms with Crippen LogP contribution in [-0.4, -0.2) is 48.3 Å². The molecule has 0 unspecified atom stereocenters. The lowest BCUT2D eigenvalue weighted by molar-refractivity contribution is -0.114. The van der Waals surface area contributed by atoms with Crippen LogP contribution in [0.25, 0.3) is 0 Å². The van der Waals surface area contributed by atoms with Gasteiger partial charge in [0.15, 0.2) is 0 Å². The normalized spacial score (nSPS) is 23.3. The summed E-state index contributed by atoms with van der Waals surface area (Å²) in [5.41, 5.74) is 0.738. The standard InChI is InChI=1S/C18H28N2O3/c1-13-8-14(2)10-20(9-13)11-17(22)12-23-18-6-4-16(5-7-18)19-15(3)21/h4-7,13-14,17,22H,8-12H2,1-3H3,(H,19,21)/t13-,14+,17-/m1/s1. The van der Waals surface area contributed by atoms with Crippen LogP contribution in [0.3, 0.4) is 0 Å². The lowest BCUT2D eigenvalue weighted by Gasteiger charge is -2.35. The number of benzene rings is 1. The minimum Gasteiger partial charge on any atom is -0.491 e. The average molecular weight is 320 g/mol. The Morgan fingerprint density at radius 3 is 2.48 bits per heavy atom. The number of aliphatic hydroxyl groups is 1. The first-order chi connectivity index (χ1) is 10.9. The lowest BCUT2D eigenvalue weighted by atomic mass is 9.92. The number of carbonyl (C=O) groups excluding carboxylic acids is 1. The van der Waals surface area contributed by atoms with E-state index in [0.29, 0.717) is 24.1 Å². The van der Waals surface area contributed by atoms with Crippen LogP contribution in [0.15, 0.2) is 24.3 Å². The predicted octanol–water partition coefficient (Wildman–Crippen LogP) is 2.36. The maximum absolute atomic E-state index is 11.0. The Morgan fingerprint density at radius 2 is 1.91 bits per heavy atom. The molecular formula is C18H28N2O3. The Labute approximate surface area is 138 Å². The van der Waals surface area contributed by atoms with E-state index in [2.05, 4.69) is 24.1 Å². The second-order valence-corrected chi connectivity index (χ2v) is 6.83. The molecule has 0 spiro atoms. The van der Waals surface area contributed by atoms with E-state index in [0.717, 1.165) is 18.8 Å². The number of ether oxygens (including phenoxy) is 1. The summed E-state index contributed by atoms with van der Waals surface area (Å²) in [4.78, 5) is 13.3. The van der Waals surface area contributed by atoms with Gasteiger partial charge >= 0.3 is 0 Å². The van der Waals surface area contributed by atoms with Crippen LogP contribution >= 0.6 is 0 Å². The van der Waals surface area contributed by atoms with Gasteiger partial charge in [-0.2, -0.15) is 0 Å². The zero-order valence-electron chi connectivity index (χ0n) is 14.3. The van der Waals surface area contributed by atoms with Crippen molar-refractivity contribution in [2.75, 3.05) is 31.6 Å². The number of likely N-dealkylation sites (tertiary alicyclic amines) is 1. The Morgan fingerprint density at radius 1 is 1.30 bits per heavy atom. The van der Waals surface area contributed by atoms with Gasteiger partial charge in [0.1, 0.15) is 18.5 Å². The summed E-state index contributed by atoms with van der Waals surface area (Å²) < 4.78 is 5.63. The first-order valence-electron chi connectivity index (χ1n) is 8.33. The van der Waals surface area contributed by atoms with Gasteiger partial charge in [-0.05, 0) is 42.5 Å². The second-order valence-electron chi connectivity index (χ2n) is 6.83. The maximum atomic E-state index is 11.0. The zero-order chi connectivity index (χ0) is 16.8. The van der Waals surface area contributed by atoms with Crippen molar-refractivity contribution in [3.8, 4) is 5.75 Å². The topological polar surface area (TPSA) is 61.8 Å². The fourth-order valence-electron chi connectivity index (χ4n) is 3.32. The molecule has 1 saturated heterocycles. The molecule has 0 saturated carbocycles. The molecule has 2 N–H and O–H groups in total. The highest BCUT2D eigenvalue weighted by Crippen LogP contribution is 2.21. The summed E-state index contributed by atoms with van der Waals surface area (Å²) in [6, 6.07) is 7.17. The molecular weight excluding hydrogens is 292 g/mol. The Balaban J connectivity index is 1.75. The van der Waals surface area contributed by atoms with Crippen molar-refractivity contribution in [2.24, 2.45) is 11.8 Å². The van der Waals surface area contributed by atoms with Crippen molar-refractivity contribution in [3.63, 3.8) is 0 Å². The number of nitrogens with one attached hydrogen (secondary N) is 1. The van der Waals surface area contributed by atoms with Crippen molar-refractivity contribution in [1.29, 1.82) is 0 Å². The van der Waals surface area contributed by atoms with Crippen LogP contribution < -0.4 is 10.1 Å². The number of rotatable bonds is 6. The molecule has 1 aliphatic rings. The molecule has 1 amide bonds. The van der Waals surface area contributed by atoms with Crippen LogP contribution in [0, 0.1) is 11.8 Å². The average Bonchev–Trinajstić information content (AvgIpc) is 2.45. The number of piperidine rings is 1. The molecule has 23 heavy (non-hydrogen) atoms. The van der Waals surface area contributed by atoms with Gasteiger partial charge in [-0.3, -0.25) is 4.79 Å². The molecule has 128 valence electrons. The molecule has 0 aliphatic carbocycles. The molecule has 0 bridgehead atoms. The second kappa shape index (κ2) is 8.31. The highest BCUT2D eigenvalue weighted by molar-refractivity contribution is 5.88. The van der Waals surface area contributed by atoms with Crippen molar-refractivity contribution in [1.82, 2.24) is 4.90 Å². The Bertz CT molecular complexity index is 493. The third-order valence-corrected chi connectivity index (χ3v) is 4.03. The summed E-state index contributed by atoms with van der Waals surface area (Å²) in [6.45, 7) is 9.03. The van der Waals surface area contributed by atoms with Crippen LogP contribution in [0.5, 0.6) is 5.75 Å². The summed E-state index contributed by atoms with van der Waals surface area (Å²) in [6.07, 6.45) is 0.770. The predicted molar refractivity (Wildman–Crippen MR) is 91.6 cm³/mol. The minimum absolute atomic E-state index is 0.0981. The Kier molecular flexibility index (Phi) is 6.42. The summed E-state index contributed by atoms with van der Waals surface area (Å²) in [5, 5.41) is 12.9. The molecule has 1 heterocycles. The van der Waals surface area contributed by atoms with E-state index < -0.39 is 6.10 Å². The van der Waals surface area contributed by atoms with E-state index in [1.807, 2.05) is 0 Å². The smallest absolute Gasteiger partial charge is 0.221 e. The van der Waals surface area contributed by atoms with E-state index in [1.165, 1.54) is 13.3 Å². The molecule has 5 nitrogen and oxygen atoms in total. The number of nitrogens with zero attached hydrogens (tertiary/aromatic N) is 1. The third kappa shape index (κ3) is 6.20. The van der Waals surface area contributed by atoms with Gasteiger partial charge in [-0.25, -0.2) is 0 Å². The van der Waals surface area contributed by atoms with E-state index in [-0.39, 0.29) is 12.5 Å². The number of β-amino-alcohol motifs (C(OH)–C–C–N with tert-alkyl or cyclic N) is 1. The molecule has 0 radical (unpaired) electrons. The Hall–Kier alpha value is -1.59. The molecule has 0 aromatic heterocycles. The fraction of sp³-hybridized carbons (Fsp3) is 0.611. The summed E-state index contributed by atoms with van der Waals surface area (Å²) in [5.74, 6) is 1.97. The number of carbonyl (C=O) groups is 1. The van der Waals surface area contributed by atoms with Gasteiger partial charge in [0.05, 0.1) is 0 Å². The van der Waals surface area contributed by atoms with Crippen molar-refractivity contribution >= 4 is 11.6 Å². The monoisotopic (exact) mass is 320 g/mol. The lowest BCUT2D eigenvalue weighted by Crippen LogP contribution is -2.43. The van der Waals surface area contributed by atoms with Crippen LogP contribution in [0.1, 0.15) is 27.2 Å². The highest BCUT2D eigenvalue weighted by atomic mass is 16.5. The number of hydrogen-bond donors (Lipinski definition) is 2. The molecule has 1 aliphatic heterocycles. The molecule has 2 rings (SSSR count). The quantitative estimate of drug-likeness (QED) is 0.845.